The Hall–Kier alpha value is -2.61. The number of aromatic nitrogens is 5. The molecule has 8 heteroatoms. The molecule has 1 aromatic carbocycles. The Labute approximate surface area is 137 Å². The van der Waals surface area contributed by atoms with Crippen LogP contribution in [0.15, 0.2) is 48.0 Å². The molecule has 0 fully saturated rings. The second-order valence-electron chi connectivity index (χ2n) is 4.54. The summed E-state index contributed by atoms with van der Waals surface area (Å²) < 4.78 is 8.55. The highest BCUT2D eigenvalue weighted by atomic mass is 32.2. The van der Waals surface area contributed by atoms with E-state index in [1.54, 1.807) is 16.2 Å². The molecule has 7 nitrogen and oxygen atoms in total. The molecule has 23 heavy (non-hydrogen) atoms. The van der Waals surface area contributed by atoms with Gasteiger partial charge in [-0.05, 0) is 25.3 Å². The first-order valence-corrected chi connectivity index (χ1v) is 8.23. The molecule has 0 spiro atoms. The summed E-state index contributed by atoms with van der Waals surface area (Å²) in [4.78, 5) is 12.4. The Morgan fingerprint density at radius 3 is 2.52 bits per heavy atom. The number of hydrogen-bond acceptors (Lipinski definition) is 6. The van der Waals surface area contributed by atoms with Gasteiger partial charge in [-0.15, -0.1) is 22.0 Å². The molecule has 0 atom stereocenters. The van der Waals surface area contributed by atoms with Crippen molar-refractivity contribution in [1.82, 2.24) is 24.5 Å². The van der Waals surface area contributed by atoms with E-state index in [9.17, 15) is 4.79 Å². The average molecular weight is 329 g/mol. The zero-order valence-corrected chi connectivity index (χ0v) is 13.5. The molecular formula is C15H15N5O2S. The smallest absolute Gasteiger partial charge is 0.344 e. The molecule has 0 aliphatic heterocycles. The molecule has 3 rings (SSSR count). The predicted molar refractivity (Wildman–Crippen MR) is 86.2 cm³/mol. The van der Waals surface area contributed by atoms with Crippen LogP contribution in [0.4, 0.5) is 0 Å². The summed E-state index contributed by atoms with van der Waals surface area (Å²) in [6.07, 6.45) is 4.93. The molecule has 0 unspecified atom stereocenters. The molecule has 0 saturated heterocycles. The van der Waals surface area contributed by atoms with Crippen LogP contribution >= 0.6 is 11.8 Å². The number of para-hydroxylation sites is 1. The van der Waals surface area contributed by atoms with E-state index < -0.39 is 5.97 Å². The first kappa shape index (κ1) is 15.3. The van der Waals surface area contributed by atoms with Crippen molar-refractivity contribution in [3.63, 3.8) is 0 Å². The number of benzene rings is 1. The van der Waals surface area contributed by atoms with E-state index in [1.807, 2.05) is 36.6 Å². The zero-order chi connectivity index (χ0) is 16.2. The van der Waals surface area contributed by atoms with Gasteiger partial charge in [0.05, 0.1) is 12.3 Å². The summed E-state index contributed by atoms with van der Waals surface area (Å²) in [6, 6.07) is 9.58. The molecule has 118 valence electrons. The number of esters is 1. The molecular weight excluding hydrogens is 314 g/mol. The zero-order valence-electron chi connectivity index (χ0n) is 12.7. The third-order valence-corrected chi connectivity index (χ3v) is 3.84. The van der Waals surface area contributed by atoms with Gasteiger partial charge in [0, 0.05) is 0 Å². The van der Waals surface area contributed by atoms with Crippen LogP contribution in [0.2, 0.25) is 0 Å². The molecule has 0 N–H and O–H groups in total. The lowest BCUT2D eigenvalue weighted by atomic mass is 10.3. The van der Waals surface area contributed by atoms with Crippen molar-refractivity contribution in [2.45, 2.75) is 11.9 Å². The highest BCUT2D eigenvalue weighted by Crippen LogP contribution is 2.28. The Morgan fingerprint density at radius 2 is 1.91 bits per heavy atom. The monoisotopic (exact) mass is 329 g/mol. The minimum absolute atomic E-state index is 0.296. The third-order valence-electron chi connectivity index (χ3n) is 3.17. The first-order valence-electron chi connectivity index (χ1n) is 7.00. The molecule has 3 aromatic rings. The van der Waals surface area contributed by atoms with Gasteiger partial charge >= 0.3 is 5.97 Å². The van der Waals surface area contributed by atoms with Gasteiger partial charge in [-0.2, -0.15) is 5.10 Å². The van der Waals surface area contributed by atoms with Crippen molar-refractivity contribution in [3.05, 3.63) is 48.5 Å². The molecule has 2 aromatic heterocycles. The van der Waals surface area contributed by atoms with Gasteiger partial charge in [-0.3, -0.25) is 4.57 Å². The lowest BCUT2D eigenvalue weighted by Crippen LogP contribution is -2.11. The van der Waals surface area contributed by atoms with E-state index in [-0.39, 0.29) is 0 Å². The number of rotatable bonds is 5. The standard InChI is InChI=1S/C15H15N5O2S/c1-3-22-15(21)12-13(23-2)18-20(11-7-5-4-6-8-11)14(12)19-9-16-17-10-19/h4-10H,3H2,1-2H3. The summed E-state index contributed by atoms with van der Waals surface area (Å²) in [6.45, 7) is 2.07. The van der Waals surface area contributed by atoms with Gasteiger partial charge in [-0.1, -0.05) is 18.2 Å². The molecule has 0 saturated carbocycles. The van der Waals surface area contributed by atoms with Crippen LogP contribution in [0, 0.1) is 0 Å². The highest BCUT2D eigenvalue weighted by Gasteiger charge is 2.26. The molecule has 0 aliphatic carbocycles. The van der Waals surface area contributed by atoms with Gasteiger partial charge in [0.15, 0.2) is 5.82 Å². The predicted octanol–water partition coefficient (Wildman–Crippen LogP) is 2.35. The van der Waals surface area contributed by atoms with Crippen LogP contribution < -0.4 is 0 Å². The van der Waals surface area contributed by atoms with Gasteiger partial charge in [0.1, 0.15) is 23.2 Å². The Kier molecular flexibility index (Phi) is 4.42. The molecule has 0 bridgehead atoms. The Morgan fingerprint density at radius 1 is 1.22 bits per heavy atom. The number of ether oxygens (including phenoxy) is 1. The van der Waals surface area contributed by atoms with Crippen LogP contribution in [0.5, 0.6) is 0 Å². The summed E-state index contributed by atoms with van der Waals surface area (Å²) in [7, 11) is 0. The average Bonchev–Trinajstić information content (AvgIpc) is 3.22. The van der Waals surface area contributed by atoms with Crippen molar-refractivity contribution in [3.8, 4) is 11.5 Å². The van der Waals surface area contributed by atoms with Gasteiger partial charge in [0.2, 0.25) is 0 Å². The summed E-state index contributed by atoms with van der Waals surface area (Å²) >= 11 is 1.39. The van der Waals surface area contributed by atoms with Crippen molar-refractivity contribution in [1.29, 1.82) is 0 Å². The van der Waals surface area contributed by atoms with E-state index in [4.69, 9.17) is 4.74 Å². The first-order chi connectivity index (χ1) is 11.3. The molecule has 2 heterocycles. The Balaban J connectivity index is 2.26. The number of nitrogens with zero attached hydrogens (tertiary/aromatic N) is 5. The number of hydrogen-bond donors (Lipinski definition) is 0. The second-order valence-corrected chi connectivity index (χ2v) is 5.34. The van der Waals surface area contributed by atoms with E-state index in [2.05, 4.69) is 15.3 Å². The number of carbonyl (C=O) groups excluding carboxylic acids is 1. The fourth-order valence-corrected chi connectivity index (χ4v) is 2.75. The van der Waals surface area contributed by atoms with Crippen molar-refractivity contribution in [2.75, 3.05) is 12.9 Å². The maximum Gasteiger partial charge on any atom is 0.344 e. The van der Waals surface area contributed by atoms with Crippen LogP contribution in [-0.2, 0) is 4.74 Å². The topological polar surface area (TPSA) is 74.8 Å². The minimum atomic E-state index is -0.414. The normalized spacial score (nSPS) is 10.7. The lowest BCUT2D eigenvalue weighted by molar-refractivity contribution is 0.0522. The lowest BCUT2D eigenvalue weighted by Gasteiger charge is -2.09. The van der Waals surface area contributed by atoms with Crippen LogP contribution in [-0.4, -0.2) is 43.4 Å². The second kappa shape index (κ2) is 6.66. The fraction of sp³-hybridized carbons (Fsp3) is 0.200. The number of carbonyl (C=O) groups is 1. The highest BCUT2D eigenvalue weighted by molar-refractivity contribution is 7.98. The van der Waals surface area contributed by atoms with E-state index in [0.29, 0.717) is 23.0 Å². The van der Waals surface area contributed by atoms with Crippen molar-refractivity contribution < 1.29 is 9.53 Å². The van der Waals surface area contributed by atoms with Crippen LogP contribution in [0.1, 0.15) is 17.3 Å². The van der Waals surface area contributed by atoms with Crippen LogP contribution in [0.25, 0.3) is 11.5 Å². The minimum Gasteiger partial charge on any atom is -0.462 e. The maximum absolute atomic E-state index is 12.4. The van der Waals surface area contributed by atoms with Gasteiger partial charge in [0.25, 0.3) is 0 Å². The summed E-state index contributed by atoms with van der Waals surface area (Å²) in [5.41, 5.74) is 1.24. The van der Waals surface area contributed by atoms with Crippen LogP contribution in [0.3, 0.4) is 0 Å². The summed E-state index contributed by atoms with van der Waals surface area (Å²) in [5, 5.41) is 12.8. The largest absolute Gasteiger partial charge is 0.462 e. The molecule has 0 radical (unpaired) electrons. The van der Waals surface area contributed by atoms with Crippen molar-refractivity contribution in [2.24, 2.45) is 0 Å². The Bertz CT molecular complexity index is 799. The van der Waals surface area contributed by atoms with Gasteiger partial charge < -0.3 is 4.74 Å². The fourth-order valence-electron chi connectivity index (χ4n) is 2.21. The third kappa shape index (κ3) is 2.85. The van der Waals surface area contributed by atoms with Gasteiger partial charge in [-0.25, -0.2) is 9.48 Å². The SMILES string of the molecule is CCOC(=O)c1c(SC)nn(-c2ccccc2)c1-n1cnnc1. The summed E-state index contributed by atoms with van der Waals surface area (Å²) in [5.74, 6) is 0.145. The molecule has 0 amide bonds. The van der Waals surface area contributed by atoms with E-state index in [0.717, 1.165) is 5.69 Å². The van der Waals surface area contributed by atoms with E-state index >= 15 is 0 Å². The van der Waals surface area contributed by atoms with E-state index in [1.165, 1.54) is 24.4 Å². The quantitative estimate of drug-likeness (QED) is 0.528. The number of thioether (sulfide) groups is 1. The van der Waals surface area contributed by atoms with Crippen molar-refractivity contribution >= 4 is 17.7 Å². The molecule has 0 aliphatic rings. The maximum atomic E-state index is 12.4.